The minimum Gasteiger partial charge on any atom is -0.294 e. The molecule has 0 radical (unpaired) electrons. The molecule has 2 aromatic rings. The first-order valence-corrected chi connectivity index (χ1v) is 7.81. The van der Waals surface area contributed by atoms with Gasteiger partial charge in [-0.2, -0.15) is 0 Å². The van der Waals surface area contributed by atoms with Crippen molar-refractivity contribution in [1.29, 1.82) is 0 Å². The standard InChI is InChI=1S/C18H11IO3/c19-12-8-5-11(6-9-12)7-10-15(20)16-17(21)13-3-1-2-4-14(13)18(16)22/h1-10,16H. The van der Waals surface area contributed by atoms with E-state index in [4.69, 9.17) is 0 Å². The number of hydrogen-bond acceptors (Lipinski definition) is 3. The average molecular weight is 402 g/mol. The fourth-order valence-corrected chi connectivity index (χ4v) is 2.81. The smallest absolute Gasteiger partial charge is 0.182 e. The van der Waals surface area contributed by atoms with Gasteiger partial charge in [-0.05, 0) is 46.4 Å². The summed E-state index contributed by atoms with van der Waals surface area (Å²) in [6.45, 7) is 0. The Morgan fingerprint density at radius 3 is 2.00 bits per heavy atom. The fourth-order valence-electron chi connectivity index (χ4n) is 2.45. The quantitative estimate of drug-likeness (QED) is 0.448. The summed E-state index contributed by atoms with van der Waals surface area (Å²) in [6, 6.07) is 14.2. The Kier molecular flexibility index (Phi) is 4.02. The van der Waals surface area contributed by atoms with Crippen molar-refractivity contribution in [3.63, 3.8) is 0 Å². The third-order valence-electron chi connectivity index (χ3n) is 3.58. The number of benzene rings is 2. The molecule has 1 aliphatic rings. The van der Waals surface area contributed by atoms with Crippen LogP contribution in [0.25, 0.3) is 6.08 Å². The van der Waals surface area contributed by atoms with Crippen molar-refractivity contribution in [3.05, 3.63) is 74.9 Å². The topological polar surface area (TPSA) is 51.2 Å². The predicted molar refractivity (Wildman–Crippen MR) is 91.8 cm³/mol. The van der Waals surface area contributed by atoms with Gasteiger partial charge < -0.3 is 0 Å². The van der Waals surface area contributed by atoms with Crippen LogP contribution >= 0.6 is 22.6 Å². The molecule has 4 heteroatoms. The third-order valence-corrected chi connectivity index (χ3v) is 4.30. The first kappa shape index (κ1) is 14.8. The summed E-state index contributed by atoms with van der Waals surface area (Å²) in [7, 11) is 0. The molecular formula is C18H11IO3. The van der Waals surface area contributed by atoms with Gasteiger partial charge in [0.2, 0.25) is 0 Å². The van der Waals surface area contributed by atoms with Crippen LogP contribution in [0.5, 0.6) is 0 Å². The minimum atomic E-state index is -1.22. The lowest BCUT2D eigenvalue weighted by molar-refractivity contribution is -0.115. The normalized spacial score (nSPS) is 14.6. The molecule has 2 aromatic carbocycles. The second kappa shape index (κ2) is 5.96. The van der Waals surface area contributed by atoms with Gasteiger partial charge in [-0.15, -0.1) is 0 Å². The van der Waals surface area contributed by atoms with Crippen LogP contribution in [-0.2, 0) is 4.79 Å². The SMILES string of the molecule is O=C(C=Cc1ccc(I)cc1)C1C(=O)c2ccccc2C1=O. The highest BCUT2D eigenvalue weighted by Gasteiger charge is 2.41. The number of rotatable bonds is 3. The third kappa shape index (κ3) is 2.66. The molecule has 0 atom stereocenters. The van der Waals surface area contributed by atoms with Crippen LogP contribution in [0, 0.1) is 9.49 Å². The van der Waals surface area contributed by atoms with Gasteiger partial charge in [-0.25, -0.2) is 0 Å². The van der Waals surface area contributed by atoms with Gasteiger partial charge in [0.15, 0.2) is 17.3 Å². The van der Waals surface area contributed by atoms with E-state index in [9.17, 15) is 14.4 Å². The molecule has 0 N–H and O–H groups in total. The molecule has 3 rings (SSSR count). The zero-order chi connectivity index (χ0) is 15.7. The molecule has 3 nitrogen and oxygen atoms in total. The lowest BCUT2D eigenvalue weighted by atomic mass is 9.97. The summed E-state index contributed by atoms with van der Waals surface area (Å²) >= 11 is 2.19. The molecule has 108 valence electrons. The maximum atomic E-state index is 12.2. The molecule has 0 fully saturated rings. The van der Waals surface area contributed by atoms with E-state index in [1.165, 1.54) is 6.08 Å². The molecule has 0 bridgehead atoms. The second-order valence-electron chi connectivity index (χ2n) is 4.99. The number of carbonyl (C=O) groups is 3. The van der Waals surface area contributed by atoms with E-state index in [1.807, 2.05) is 24.3 Å². The van der Waals surface area contributed by atoms with Gasteiger partial charge >= 0.3 is 0 Å². The lowest BCUT2D eigenvalue weighted by Crippen LogP contribution is -2.23. The van der Waals surface area contributed by atoms with E-state index in [1.54, 1.807) is 30.3 Å². The molecule has 0 aromatic heterocycles. The van der Waals surface area contributed by atoms with E-state index in [-0.39, 0.29) is 0 Å². The molecule has 0 heterocycles. The molecule has 1 aliphatic carbocycles. The molecule has 22 heavy (non-hydrogen) atoms. The lowest BCUT2D eigenvalue weighted by Gasteiger charge is -2.01. The Balaban J connectivity index is 1.83. The van der Waals surface area contributed by atoms with Crippen LogP contribution in [-0.4, -0.2) is 17.3 Å². The highest BCUT2D eigenvalue weighted by atomic mass is 127. The summed E-state index contributed by atoms with van der Waals surface area (Å²) in [6.07, 6.45) is 2.94. The Hall–Kier alpha value is -2.08. The summed E-state index contributed by atoms with van der Waals surface area (Å²) in [4.78, 5) is 36.7. The van der Waals surface area contributed by atoms with Gasteiger partial charge in [-0.3, -0.25) is 14.4 Å². The molecule has 0 spiro atoms. The summed E-state index contributed by atoms with van der Waals surface area (Å²) in [5.41, 5.74) is 1.53. The Morgan fingerprint density at radius 2 is 1.45 bits per heavy atom. The molecule has 0 unspecified atom stereocenters. The first-order valence-electron chi connectivity index (χ1n) is 6.73. The number of allylic oxidation sites excluding steroid dienone is 1. The van der Waals surface area contributed by atoms with Gasteiger partial charge in [0.25, 0.3) is 0 Å². The number of hydrogen-bond donors (Lipinski definition) is 0. The minimum absolute atomic E-state index is 0.341. The van der Waals surface area contributed by atoms with E-state index >= 15 is 0 Å². The van der Waals surface area contributed by atoms with E-state index in [2.05, 4.69) is 22.6 Å². The fraction of sp³-hybridized carbons (Fsp3) is 0.0556. The predicted octanol–water partition coefficient (Wildman–Crippen LogP) is 3.57. The number of Topliss-reactive ketones (excluding diaryl/α,β-unsaturated/α-hetero) is 2. The van der Waals surface area contributed by atoms with Crippen LogP contribution in [0.1, 0.15) is 26.3 Å². The number of halogens is 1. The van der Waals surface area contributed by atoms with Crippen LogP contribution in [0.4, 0.5) is 0 Å². The monoisotopic (exact) mass is 402 g/mol. The van der Waals surface area contributed by atoms with Gasteiger partial charge in [0.1, 0.15) is 5.92 Å². The highest BCUT2D eigenvalue weighted by molar-refractivity contribution is 14.1. The maximum Gasteiger partial charge on any atom is 0.182 e. The Labute approximate surface area is 141 Å². The van der Waals surface area contributed by atoms with E-state index in [0.29, 0.717) is 11.1 Å². The van der Waals surface area contributed by atoms with Crippen LogP contribution in [0.3, 0.4) is 0 Å². The highest BCUT2D eigenvalue weighted by Crippen LogP contribution is 2.27. The zero-order valence-electron chi connectivity index (χ0n) is 11.5. The van der Waals surface area contributed by atoms with Crippen LogP contribution < -0.4 is 0 Å². The number of carbonyl (C=O) groups excluding carboxylic acids is 3. The van der Waals surface area contributed by atoms with Gasteiger partial charge in [0.05, 0.1) is 0 Å². The van der Waals surface area contributed by atoms with E-state index in [0.717, 1.165) is 9.13 Å². The van der Waals surface area contributed by atoms with Crippen molar-refractivity contribution in [2.75, 3.05) is 0 Å². The summed E-state index contributed by atoms with van der Waals surface area (Å²) in [5.74, 6) is -2.50. The summed E-state index contributed by atoms with van der Waals surface area (Å²) < 4.78 is 1.10. The maximum absolute atomic E-state index is 12.2. The van der Waals surface area contributed by atoms with Crippen molar-refractivity contribution in [2.45, 2.75) is 0 Å². The molecule has 0 aliphatic heterocycles. The molecular weight excluding hydrogens is 391 g/mol. The largest absolute Gasteiger partial charge is 0.294 e. The number of ketones is 3. The zero-order valence-corrected chi connectivity index (χ0v) is 13.6. The molecule has 0 amide bonds. The molecule has 0 saturated heterocycles. The summed E-state index contributed by atoms with van der Waals surface area (Å²) in [5, 5.41) is 0. The Bertz CT molecular complexity index is 768. The second-order valence-corrected chi connectivity index (χ2v) is 6.24. The molecule has 0 saturated carbocycles. The van der Waals surface area contributed by atoms with Crippen LogP contribution in [0.15, 0.2) is 54.6 Å². The van der Waals surface area contributed by atoms with Crippen LogP contribution in [0.2, 0.25) is 0 Å². The van der Waals surface area contributed by atoms with Gasteiger partial charge in [-0.1, -0.05) is 42.5 Å². The number of fused-ring (bicyclic) bond motifs is 1. The van der Waals surface area contributed by atoms with Crippen molar-refractivity contribution in [1.82, 2.24) is 0 Å². The average Bonchev–Trinajstić information content (AvgIpc) is 2.79. The first-order chi connectivity index (χ1) is 10.6. The van der Waals surface area contributed by atoms with Crippen molar-refractivity contribution < 1.29 is 14.4 Å². The van der Waals surface area contributed by atoms with Crippen molar-refractivity contribution in [3.8, 4) is 0 Å². The van der Waals surface area contributed by atoms with Crippen molar-refractivity contribution >= 4 is 46.0 Å². The van der Waals surface area contributed by atoms with E-state index < -0.39 is 23.3 Å². The Morgan fingerprint density at radius 1 is 0.909 bits per heavy atom. The van der Waals surface area contributed by atoms with Gasteiger partial charge in [0, 0.05) is 14.7 Å². The van der Waals surface area contributed by atoms with Crippen molar-refractivity contribution in [2.24, 2.45) is 5.92 Å².